The van der Waals surface area contributed by atoms with Gasteiger partial charge in [-0.05, 0) is 167 Å². The van der Waals surface area contributed by atoms with Crippen LogP contribution in [-0.4, -0.2) is 110 Å². The number of nitrogens with zero attached hydrogens (tertiary/aromatic N) is 8. The third-order valence-electron chi connectivity index (χ3n) is 16.3. The number of oxime groups is 1. The molecule has 4 fully saturated rings. The summed E-state index contributed by atoms with van der Waals surface area (Å²) >= 11 is 0. The topological polar surface area (TPSA) is 172 Å². The molecule has 4 saturated heterocycles. The van der Waals surface area contributed by atoms with Gasteiger partial charge in [-0.25, -0.2) is 23.1 Å². The summed E-state index contributed by atoms with van der Waals surface area (Å²) in [6, 6.07) is 7.92. The van der Waals surface area contributed by atoms with Crippen molar-refractivity contribution >= 4 is 16.7 Å². The summed E-state index contributed by atoms with van der Waals surface area (Å²) in [6.45, 7) is 11.5. The number of fused-ring (bicyclic) bond motifs is 3. The van der Waals surface area contributed by atoms with Gasteiger partial charge >= 0.3 is 0 Å². The average molecular weight is 1040 g/mol. The van der Waals surface area contributed by atoms with Crippen LogP contribution in [0.1, 0.15) is 153 Å². The fraction of sp³-hybridized carbons (Fsp3) is 0.607. The number of halogens is 3. The van der Waals surface area contributed by atoms with Crippen molar-refractivity contribution in [2.75, 3.05) is 52.5 Å². The van der Waals surface area contributed by atoms with E-state index in [1.54, 1.807) is 10.6 Å². The van der Waals surface area contributed by atoms with Crippen LogP contribution in [0.5, 0.6) is 0 Å². The number of hydrogen-bond acceptors (Lipinski definition) is 14. The molecule has 0 saturated carbocycles. The first-order valence-corrected chi connectivity index (χ1v) is 27.4. The zero-order valence-electron chi connectivity index (χ0n) is 43.3. The number of aryl methyl sites for hydroxylation is 2. The molecular formula is C56H71F3N8O8. The maximum Gasteiger partial charge on any atom is 0.257 e. The Morgan fingerprint density at radius 3 is 1.72 bits per heavy atom. The minimum Gasteiger partial charge on any atom is -0.411 e. The zero-order chi connectivity index (χ0) is 52.0. The van der Waals surface area contributed by atoms with Gasteiger partial charge < -0.3 is 38.5 Å². The Kier molecular flexibility index (Phi) is 17.2. The number of piperidine rings is 2. The molecule has 1 N–H and O–H groups in total. The van der Waals surface area contributed by atoms with Crippen LogP contribution in [0.2, 0.25) is 0 Å². The van der Waals surface area contributed by atoms with Crippen LogP contribution >= 0.6 is 0 Å². The first-order chi connectivity index (χ1) is 36.5. The van der Waals surface area contributed by atoms with Crippen molar-refractivity contribution in [1.29, 1.82) is 0 Å². The fourth-order valence-corrected chi connectivity index (χ4v) is 12.0. The van der Waals surface area contributed by atoms with Crippen molar-refractivity contribution in [1.82, 2.24) is 34.1 Å². The van der Waals surface area contributed by atoms with E-state index in [1.165, 1.54) is 24.3 Å². The molecule has 0 spiro atoms. The Labute approximate surface area is 435 Å². The van der Waals surface area contributed by atoms with Crippen LogP contribution in [-0.2, 0) is 44.9 Å². The van der Waals surface area contributed by atoms with E-state index in [9.17, 15) is 28.0 Å². The minimum atomic E-state index is -0.727. The van der Waals surface area contributed by atoms with Crippen molar-refractivity contribution in [2.24, 2.45) is 11.1 Å². The van der Waals surface area contributed by atoms with E-state index < -0.39 is 11.6 Å². The third-order valence-corrected chi connectivity index (χ3v) is 16.3. The van der Waals surface area contributed by atoms with Crippen LogP contribution in [0.25, 0.3) is 11.0 Å². The lowest BCUT2D eigenvalue weighted by molar-refractivity contribution is -0.195. The van der Waals surface area contributed by atoms with Crippen molar-refractivity contribution in [3.63, 3.8) is 0 Å². The second kappa shape index (κ2) is 24.3. The predicted octanol–water partition coefficient (Wildman–Crippen LogP) is 8.97. The second-order valence-electron chi connectivity index (χ2n) is 21.2. The minimum absolute atomic E-state index is 0.0155. The van der Waals surface area contributed by atoms with Crippen LogP contribution in [0.3, 0.4) is 0 Å². The van der Waals surface area contributed by atoms with Crippen LogP contribution < -0.4 is 11.1 Å². The smallest absolute Gasteiger partial charge is 0.257 e. The molecule has 9 heterocycles. The molecule has 0 bridgehead atoms. The van der Waals surface area contributed by atoms with Gasteiger partial charge in [0, 0.05) is 96.8 Å². The Hall–Kier alpha value is -5.31. The number of likely N-dealkylation sites (tertiary alicyclic amines) is 2. The van der Waals surface area contributed by atoms with E-state index in [1.807, 2.05) is 18.4 Å². The Bertz CT molecular complexity index is 2920. The number of ether oxygens (including phenoxy) is 4. The molecule has 6 aliphatic rings. The van der Waals surface area contributed by atoms with E-state index in [-0.39, 0.29) is 58.9 Å². The van der Waals surface area contributed by atoms with E-state index in [2.05, 4.69) is 20.1 Å². The van der Waals surface area contributed by atoms with Crippen molar-refractivity contribution in [3.8, 4) is 0 Å². The van der Waals surface area contributed by atoms with Crippen LogP contribution in [0.15, 0.2) is 55.7 Å². The summed E-state index contributed by atoms with van der Waals surface area (Å²) in [5.74, 6) is -0.0647. The molecule has 4 atom stereocenters. The summed E-state index contributed by atoms with van der Waals surface area (Å²) in [5, 5.41) is 18.1. The maximum atomic E-state index is 14.3. The van der Waals surface area contributed by atoms with E-state index in [0.29, 0.717) is 69.2 Å². The standard InChI is InChI=1S/C28H36F2N4O4.C28H35FN4O4/c1-18-21(28(35)34-12-4-5-24(27(34)31-18)38-25-6-2-3-16-37-25)11-15-33-13-9-19(10-14-33)26(32-36)22-8-7-20(29)17-23(22)30;1-18-21(28(34)33-12-4-5-23(27(33)30-18)36-25-6-2-3-16-35-25)11-15-32-13-9-19(10-14-32)26-22-8-7-20(29)17-24(22)37-31-26/h7-8,17,19,24-25,36H,2-6,9-16H2,1H3;7-8,17,19,23,25H,2-6,9-16H2,1H3/b32-26-;. The van der Waals surface area contributed by atoms with Gasteiger partial charge in [0.2, 0.25) is 0 Å². The van der Waals surface area contributed by atoms with Crippen molar-refractivity contribution < 1.29 is 41.8 Å². The predicted molar refractivity (Wildman–Crippen MR) is 273 cm³/mol. The highest BCUT2D eigenvalue weighted by atomic mass is 19.1. The molecule has 3 aromatic heterocycles. The van der Waals surface area contributed by atoms with Gasteiger partial charge in [-0.1, -0.05) is 10.3 Å². The Morgan fingerprint density at radius 1 is 0.667 bits per heavy atom. The Balaban J connectivity index is 0.000000171. The first-order valence-electron chi connectivity index (χ1n) is 27.4. The molecule has 6 aliphatic heterocycles. The number of aromatic nitrogens is 5. The van der Waals surface area contributed by atoms with Gasteiger partial charge in [0.1, 0.15) is 41.3 Å². The molecule has 16 nitrogen and oxygen atoms in total. The lowest BCUT2D eigenvalue weighted by Crippen LogP contribution is -2.40. The number of hydrogen-bond donors (Lipinski definition) is 1. The monoisotopic (exact) mass is 1040 g/mol. The summed E-state index contributed by atoms with van der Waals surface area (Å²) in [4.78, 5) is 41.3. The molecule has 2 aromatic carbocycles. The quantitative estimate of drug-likeness (QED) is 0.0674. The van der Waals surface area contributed by atoms with Gasteiger partial charge in [0.05, 0.1) is 11.4 Å². The highest BCUT2D eigenvalue weighted by molar-refractivity contribution is 6.02. The van der Waals surface area contributed by atoms with Gasteiger partial charge in [-0.2, -0.15) is 0 Å². The molecule has 19 heteroatoms. The van der Waals surface area contributed by atoms with E-state index in [0.717, 1.165) is 162 Å². The van der Waals surface area contributed by atoms with Crippen molar-refractivity contribution in [2.45, 2.75) is 160 Å². The SMILES string of the molecule is Cc1nc2n(c(=O)c1CCN1CCC(/C(=N/O)c3ccc(F)cc3F)CC1)CCCC2OC1CCCCO1.Cc1nc2n(c(=O)c1CCN1CCC(c3noc4cc(F)ccc34)CC1)CCCC2OC1CCCCO1. The summed E-state index contributed by atoms with van der Waals surface area (Å²) in [5.41, 5.74) is 5.02. The summed E-state index contributed by atoms with van der Waals surface area (Å²) in [7, 11) is 0. The van der Waals surface area contributed by atoms with Gasteiger partial charge in [-0.15, -0.1) is 0 Å². The maximum absolute atomic E-state index is 14.3. The molecule has 0 radical (unpaired) electrons. The van der Waals surface area contributed by atoms with Crippen molar-refractivity contribution in [3.05, 3.63) is 120 Å². The Morgan fingerprint density at radius 2 is 1.20 bits per heavy atom. The number of benzene rings is 2. The summed E-state index contributed by atoms with van der Waals surface area (Å²) < 4.78 is 74.1. The molecular weight excluding hydrogens is 970 g/mol. The lowest BCUT2D eigenvalue weighted by atomic mass is 9.88. The first kappa shape index (κ1) is 53.1. The molecule has 4 unspecified atom stereocenters. The molecule has 75 heavy (non-hydrogen) atoms. The molecule has 404 valence electrons. The van der Waals surface area contributed by atoms with Gasteiger partial charge in [-0.3, -0.25) is 18.7 Å². The second-order valence-corrected chi connectivity index (χ2v) is 21.2. The van der Waals surface area contributed by atoms with E-state index >= 15 is 0 Å². The molecule has 0 aliphatic carbocycles. The van der Waals surface area contributed by atoms with Gasteiger partial charge in [0.15, 0.2) is 18.2 Å². The van der Waals surface area contributed by atoms with E-state index in [4.69, 9.17) is 33.4 Å². The van der Waals surface area contributed by atoms with Gasteiger partial charge in [0.25, 0.3) is 11.1 Å². The average Bonchev–Trinajstić information content (AvgIpc) is 3.84. The molecule has 0 amide bonds. The fourth-order valence-electron chi connectivity index (χ4n) is 12.0. The third kappa shape index (κ3) is 12.3. The molecule has 11 rings (SSSR count). The summed E-state index contributed by atoms with van der Waals surface area (Å²) in [6.07, 6.45) is 13.3. The lowest BCUT2D eigenvalue weighted by Gasteiger charge is -2.33. The van der Waals surface area contributed by atoms with Crippen LogP contribution in [0.4, 0.5) is 13.2 Å². The van der Waals surface area contributed by atoms with Crippen LogP contribution in [0, 0.1) is 37.2 Å². The molecule has 5 aromatic rings. The highest BCUT2D eigenvalue weighted by Crippen LogP contribution is 2.35. The highest BCUT2D eigenvalue weighted by Gasteiger charge is 2.33. The zero-order valence-corrected chi connectivity index (χ0v) is 43.3. The normalized spacial score (nSPS) is 23.4. The largest absolute Gasteiger partial charge is 0.411 e. The number of rotatable bonds is 13.